The van der Waals surface area contributed by atoms with Crippen LogP contribution in [0.2, 0.25) is 25.7 Å². The third kappa shape index (κ3) is 7.15. The fourth-order valence-corrected chi connectivity index (χ4v) is 6.76. The average Bonchev–Trinajstić information content (AvgIpc) is 3.74. The van der Waals surface area contributed by atoms with Crippen LogP contribution in [0.5, 0.6) is 0 Å². The first-order valence-corrected chi connectivity index (χ1v) is 19.8. The lowest BCUT2D eigenvalue weighted by Crippen LogP contribution is -2.40. The Morgan fingerprint density at radius 3 is 2.43 bits per heavy atom. The second-order valence-corrected chi connectivity index (χ2v) is 18.9. The fraction of sp³-hybridized carbons (Fsp3) is 0.531. The molecule has 4 aromatic rings. The molecule has 47 heavy (non-hydrogen) atoms. The van der Waals surface area contributed by atoms with Crippen molar-refractivity contribution in [3.63, 3.8) is 0 Å². The van der Waals surface area contributed by atoms with E-state index in [9.17, 15) is 27.6 Å². The number of nitrogens with one attached hydrogen (secondary N) is 1. The largest absolute Gasteiger partial charge is 0.416 e. The van der Waals surface area contributed by atoms with E-state index in [4.69, 9.17) is 9.72 Å². The van der Waals surface area contributed by atoms with Gasteiger partial charge >= 0.3 is 11.9 Å². The highest BCUT2D eigenvalue weighted by Gasteiger charge is 2.37. The lowest BCUT2D eigenvalue weighted by Gasteiger charge is -2.23. The van der Waals surface area contributed by atoms with Gasteiger partial charge in [-0.05, 0) is 43.0 Å². The quantitative estimate of drug-likeness (QED) is 0.156. The zero-order valence-electron chi connectivity index (χ0n) is 27.4. The Kier molecular flexibility index (Phi) is 9.96. The van der Waals surface area contributed by atoms with E-state index in [1.54, 1.807) is 16.8 Å². The number of aryl methyl sites for hydroxylation is 1. The fourth-order valence-electron chi connectivity index (χ4n) is 6.01. The van der Waals surface area contributed by atoms with Crippen LogP contribution >= 0.6 is 0 Å². The van der Waals surface area contributed by atoms with Gasteiger partial charge < -0.3 is 10.1 Å². The molecule has 1 N–H and O–H groups in total. The van der Waals surface area contributed by atoms with E-state index >= 15 is 0 Å². The van der Waals surface area contributed by atoms with Gasteiger partial charge in [0.05, 0.1) is 29.3 Å². The molecule has 1 aliphatic heterocycles. The number of imidazole rings is 1. The van der Waals surface area contributed by atoms with Crippen LogP contribution in [0.3, 0.4) is 0 Å². The van der Waals surface area contributed by atoms with Crippen LogP contribution in [-0.4, -0.2) is 55.6 Å². The number of rotatable bonds is 13. The van der Waals surface area contributed by atoms with Crippen LogP contribution in [0.1, 0.15) is 50.3 Å². The Balaban J connectivity index is 1.67. The smallest absolute Gasteiger partial charge is 0.361 e. The maximum Gasteiger partial charge on any atom is 0.416 e. The number of carbonyl (C=O) groups is 1. The number of hydrogen-bond acceptors (Lipinski definition) is 6. The van der Waals surface area contributed by atoms with E-state index in [0.29, 0.717) is 55.9 Å². The van der Waals surface area contributed by atoms with Crippen molar-refractivity contribution in [2.75, 3.05) is 13.2 Å². The normalized spacial score (nSPS) is 16.3. The summed E-state index contributed by atoms with van der Waals surface area (Å²) in [5.74, 6) is -0.605. The van der Waals surface area contributed by atoms with Gasteiger partial charge in [-0.15, -0.1) is 0 Å². The number of carbonyl (C=O) groups excluding carboxylic acids is 1. The van der Waals surface area contributed by atoms with Gasteiger partial charge in [-0.2, -0.15) is 18.3 Å². The standard InChI is InChI=1S/C32H42F3N7O4Si/c1-6-13-39-28-26(30(44)40(14-7-2)31(39)45)41(20-46-15-16-47(3,4)5)27(38-28)22-18-37-42(19-22)25(24-11-12-36-29(24)43)21-9-8-10-23(17-21)32(33,34)35/h8-10,17-19,24-25H,6-7,11-16,20H2,1-5H3,(H,36,43). The van der Waals surface area contributed by atoms with Crippen LogP contribution in [0.15, 0.2) is 46.2 Å². The lowest BCUT2D eigenvalue weighted by molar-refractivity contribution is -0.137. The highest BCUT2D eigenvalue weighted by Crippen LogP contribution is 2.36. The van der Waals surface area contributed by atoms with Crippen molar-refractivity contribution in [3.8, 4) is 11.4 Å². The van der Waals surface area contributed by atoms with Gasteiger partial charge in [0, 0.05) is 40.5 Å². The van der Waals surface area contributed by atoms with Gasteiger partial charge in [0.2, 0.25) is 5.91 Å². The summed E-state index contributed by atoms with van der Waals surface area (Å²) < 4.78 is 53.1. The summed E-state index contributed by atoms with van der Waals surface area (Å²) in [6.07, 6.45) is 0.210. The summed E-state index contributed by atoms with van der Waals surface area (Å²) >= 11 is 0. The van der Waals surface area contributed by atoms with E-state index < -0.39 is 43.0 Å². The third-order valence-electron chi connectivity index (χ3n) is 8.40. The molecule has 11 nitrogen and oxygen atoms in total. The topological polar surface area (TPSA) is 118 Å². The predicted octanol–water partition coefficient (Wildman–Crippen LogP) is 5.10. The minimum absolute atomic E-state index is 0.00469. The first-order valence-electron chi connectivity index (χ1n) is 16.1. The molecule has 5 rings (SSSR count). The van der Waals surface area contributed by atoms with E-state index in [0.717, 1.165) is 18.2 Å². The van der Waals surface area contributed by atoms with Gasteiger partial charge in [-0.3, -0.25) is 28.0 Å². The second kappa shape index (κ2) is 13.6. The first-order chi connectivity index (χ1) is 22.2. The van der Waals surface area contributed by atoms with Gasteiger partial charge in [0.1, 0.15) is 12.6 Å². The number of fused-ring (bicyclic) bond motifs is 1. The zero-order chi connectivity index (χ0) is 34.1. The van der Waals surface area contributed by atoms with Crippen molar-refractivity contribution in [3.05, 3.63) is 68.6 Å². The van der Waals surface area contributed by atoms with E-state index in [1.165, 1.54) is 26.1 Å². The molecule has 0 spiro atoms. The number of nitrogens with zero attached hydrogens (tertiary/aromatic N) is 6. The summed E-state index contributed by atoms with van der Waals surface area (Å²) in [4.78, 5) is 45.0. The number of aromatic nitrogens is 6. The Bertz CT molecular complexity index is 1870. The molecule has 0 radical (unpaired) electrons. The van der Waals surface area contributed by atoms with Crippen molar-refractivity contribution in [1.29, 1.82) is 0 Å². The Labute approximate surface area is 271 Å². The molecule has 254 valence electrons. The molecule has 1 aromatic carbocycles. The van der Waals surface area contributed by atoms with E-state index in [2.05, 4.69) is 30.1 Å². The van der Waals surface area contributed by atoms with E-state index in [-0.39, 0.29) is 30.3 Å². The molecule has 1 saturated heterocycles. The van der Waals surface area contributed by atoms with Gasteiger partial charge in [-0.25, -0.2) is 9.78 Å². The minimum atomic E-state index is -4.56. The summed E-state index contributed by atoms with van der Waals surface area (Å²) in [7, 11) is -1.42. The number of ether oxygens (including phenoxy) is 1. The summed E-state index contributed by atoms with van der Waals surface area (Å²) in [5, 5.41) is 7.32. The van der Waals surface area contributed by atoms with Crippen LogP contribution in [0.4, 0.5) is 13.2 Å². The average molecular weight is 674 g/mol. The number of benzene rings is 1. The predicted molar refractivity (Wildman–Crippen MR) is 175 cm³/mol. The highest BCUT2D eigenvalue weighted by atomic mass is 28.3. The Morgan fingerprint density at radius 2 is 1.79 bits per heavy atom. The van der Waals surface area contributed by atoms with Gasteiger partial charge in [0.15, 0.2) is 11.2 Å². The summed E-state index contributed by atoms with van der Waals surface area (Å²) in [5.41, 5.74) is -0.512. The number of halogens is 3. The molecule has 1 aliphatic rings. The molecule has 1 fully saturated rings. The van der Waals surface area contributed by atoms with Crippen molar-refractivity contribution in [2.45, 2.75) is 90.8 Å². The molecule has 15 heteroatoms. The molecule has 2 atom stereocenters. The Hall–Kier alpha value is -3.98. The maximum absolute atomic E-state index is 13.9. The third-order valence-corrected chi connectivity index (χ3v) is 10.1. The van der Waals surface area contributed by atoms with Gasteiger partial charge in [-0.1, -0.05) is 45.6 Å². The second-order valence-electron chi connectivity index (χ2n) is 13.2. The Morgan fingerprint density at radius 1 is 1.06 bits per heavy atom. The summed E-state index contributed by atoms with van der Waals surface area (Å²) in [6, 6.07) is 5.01. The molecule has 1 amide bonds. The van der Waals surface area contributed by atoms with Crippen molar-refractivity contribution < 1.29 is 22.7 Å². The van der Waals surface area contributed by atoms with Crippen molar-refractivity contribution in [1.82, 2.24) is 33.8 Å². The zero-order valence-corrected chi connectivity index (χ0v) is 28.4. The monoisotopic (exact) mass is 673 g/mol. The molecular formula is C32H42F3N7O4Si. The molecule has 2 unspecified atom stereocenters. The summed E-state index contributed by atoms with van der Waals surface area (Å²) in [6.45, 7) is 12.0. The molecule has 4 heterocycles. The molecular weight excluding hydrogens is 631 g/mol. The highest BCUT2D eigenvalue weighted by molar-refractivity contribution is 6.76. The SMILES string of the molecule is CCCn1c(=O)c2c(nc(-c3cnn(C(c4cccc(C(F)(F)F)c4)C4CCNC4=O)c3)n2COCC[Si](C)(C)C)n(CCC)c1=O. The first kappa shape index (κ1) is 34.4. The molecule has 0 bridgehead atoms. The maximum atomic E-state index is 13.9. The van der Waals surface area contributed by atoms with E-state index in [1.807, 2.05) is 13.8 Å². The van der Waals surface area contributed by atoms with Crippen molar-refractivity contribution >= 4 is 25.1 Å². The van der Waals surface area contributed by atoms with Crippen molar-refractivity contribution in [2.24, 2.45) is 5.92 Å². The van der Waals surface area contributed by atoms with Crippen LogP contribution in [0.25, 0.3) is 22.6 Å². The van der Waals surface area contributed by atoms with Crippen LogP contribution < -0.4 is 16.6 Å². The molecule has 0 saturated carbocycles. The number of alkyl halides is 3. The van der Waals surface area contributed by atoms with Crippen LogP contribution in [0, 0.1) is 5.92 Å². The minimum Gasteiger partial charge on any atom is -0.361 e. The molecule has 0 aliphatic carbocycles. The van der Waals surface area contributed by atoms with Gasteiger partial charge in [0.25, 0.3) is 5.56 Å². The number of amides is 1. The van der Waals surface area contributed by atoms with Crippen LogP contribution in [-0.2, 0) is 35.5 Å². The molecule has 3 aromatic heterocycles. The number of hydrogen-bond donors (Lipinski definition) is 1. The lowest BCUT2D eigenvalue weighted by atomic mass is 9.91.